The van der Waals surface area contributed by atoms with Gasteiger partial charge < -0.3 is 4.42 Å². The second-order valence-corrected chi connectivity index (χ2v) is 9.80. The maximum absolute atomic E-state index is 13.2. The Labute approximate surface area is 178 Å². The van der Waals surface area contributed by atoms with Crippen molar-refractivity contribution in [2.75, 3.05) is 13.1 Å². The zero-order chi connectivity index (χ0) is 21.3. The van der Waals surface area contributed by atoms with Crippen LogP contribution in [0.4, 0.5) is 0 Å². The van der Waals surface area contributed by atoms with Crippen molar-refractivity contribution in [3.63, 3.8) is 0 Å². The van der Waals surface area contributed by atoms with Gasteiger partial charge in [-0.25, -0.2) is 13.1 Å². The van der Waals surface area contributed by atoms with E-state index in [1.807, 2.05) is 45.0 Å². The average Bonchev–Trinajstić information content (AvgIpc) is 3.21. The fourth-order valence-corrected chi connectivity index (χ4v) is 6.01. The average molecular weight is 425 g/mol. The number of benzene rings is 2. The monoisotopic (exact) mass is 424 g/mol. The summed E-state index contributed by atoms with van der Waals surface area (Å²) in [6.07, 6.45) is 2.58. The molecule has 0 amide bonds. The van der Waals surface area contributed by atoms with Gasteiger partial charge in [-0.1, -0.05) is 42.0 Å². The predicted molar refractivity (Wildman–Crippen MR) is 118 cm³/mol. The van der Waals surface area contributed by atoms with Crippen LogP contribution in [0.15, 0.2) is 64.1 Å². The molecular weight excluding hydrogens is 396 g/mol. The highest BCUT2D eigenvalue weighted by Gasteiger charge is 2.29. The van der Waals surface area contributed by atoms with Crippen LogP contribution in [0.3, 0.4) is 0 Å². The van der Waals surface area contributed by atoms with Crippen molar-refractivity contribution in [3.8, 4) is 0 Å². The van der Waals surface area contributed by atoms with E-state index in [1.54, 1.807) is 6.26 Å². The van der Waals surface area contributed by atoms with Crippen LogP contribution in [-0.2, 0) is 23.0 Å². The minimum atomic E-state index is -3.64. The quantitative estimate of drug-likeness (QED) is 0.641. The van der Waals surface area contributed by atoms with Gasteiger partial charge in [0.05, 0.1) is 17.2 Å². The molecule has 0 aliphatic carbocycles. The standard InChI is InChI=1S/C24H28N2O3S/c1-17-13-18(2)24(19(3)14-17)30(27,28)25-15-22(23-9-6-12-29-23)26-11-10-20-7-4-5-8-21(20)16-26/h4-9,12-14,22,25H,10-11,15-16H2,1-3H3/t22-/m1/s1. The second-order valence-electron chi connectivity index (χ2n) is 8.10. The van der Waals surface area contributed by atoms with Crippen molar-refractivity contribution in [2.24, 2.45) is 0 Å². The number of furan rings is 1. The molecule has 1 atom stereocenters. The lowest BCUT2D eigenvalue weighted by Gasteiger charge is -2.34. The van der Waals surface area contributed by atoms with E-state index < -0.39 is 10.0 Å². The van der Waals surface area contributed by atoms with Gasteiger partial charge in [0.25, 0.3) is 0 Å². The number of nitrogens with zero attached hydrogens (tertiary/aromatic N) is 1. The van der Waals surface area contributed by atoms with Gasteiger partial charge in [0.2, 0.25) is 10.0 Å². The Morgan fingerprint density at radius 3 is 2.40 bits per heavy atom. The SMILES string of the molecule is Cc1cc(C)c(S(=O)(=O)NC[C@H](c2ccco2)N2CCc3ccccc3C2)c(C)c1. The first-order valence-electron chi connectivity index (χ1n) is 10.3. The number of aryl methyl sites for hydroxylation is 3. The molecule has 0 saturated heterocycles. The molecule has 5 nitrogen and oxygen atoms in total. The summed E-state index contributed by atoms with van der Waals surface area (Å²) in [6.45, 7) is 7.55. The van der Waals surface area contributed by atoms with Crippen LogP contribution in [0.1, 0.15) is 39.6 Å². The largest absolute Gasteiger partial charge is 0.468 e. The molecule has 0 unspecified atom stereocenters. The maximum atomic E-state index is 13.2. The molecule has 3 aromatic rings. The van der Waals surface area contributed by atoms with E-state index in [-0.39, 0.29) is 12.6 Å². The zero-order valence-electron chi connectivity index (χ0n) is 17.7. The van der Waals surface area contributed by atoms with E-state index in [9.17, 15) is 8.42 Å². The molecule has 1 N–H and O–H groups in total. The lowest BCUT2D eigenvalue weighted by molar-refractivity contribution is 0.160. The molecule has 30 heavy (non-hydrogen) atoms. The normalized spacial score (nSPS) is 15.7. The van der Waals surface area contributed by atoms with Gasteiger partial charge in [0.15, 0.2) is 0 Å². The molecule has 158 valence electrons. The number of fused-ring (bicyclic) bond motifs is 1. The Morgan fingerprint density at radius 1 is 1.03 bits per heavy atom. The van der Waals surface area contributed by atoms with Crippen LogP contribution in [0.25, 0.3) is 0 Å². The highest BCUT2D eigenvalue weighted by atomic mass is 32.2. The van der Waals surface area contributed by atoms with Crippen molar-refractivity contribution in [1.29, 1.82) is 0 Å². The van der Waals surface area contributed by atoms with Crippen molar-refractivity contribution < 1.29 is 12.8 Å². The number of hydrogen-bond donors (Lipinski definition) is 1. The van der Waals surface area contributed by atoms with Crippen LogP contribution in [-0.4, -0.2) is 26.4 Å². The van der Waals surface area contributed by atoms with Gasteiger partial charge in [-0.15, -0.1) is 0 Å². The molecule has 0 saturated carbocycles. The van der Waals surface area contributed by atoms with Crippen LogP contribution in [0, 0.1) is 20.8 Å². The number of hydrogen-bond acceptors (Lipinski definition) is 4. The molecule has 1 aromatic heterocycles. The summed E-state index contributed by atoms with van der Waals surface area (Å²) < 4.78 is 34.9. The number of nitrogens with one attached hydrogen (secondary N) is 1. The molecule has 0 bridgehead atoms. The van der Waals surface area contributed by atoms with Gasteiger partial charge in [-0.2, -0.15) is 0 Å². The molecule has 0 fully saturated rings. The van der Waals surface area contributed by atoms with Crippen LogP contribution in [0.5, 0.6) is 0 Å². The molecule has 1 aliphatic rings. The van der Waals surface area contributed by atoms with E-state index in [0.29, 0.717) is 4.90 Å². The molecule has 0 radical (unpaired) electrons. The van der Waals surface area contributed by atoms with Crippen LogP contribution < -0.4 is 4.72 Å². The highest BCUT2D eigenvalue weighted by molar-refractivity contribution is 7.89. The number of rotatable bonds is 6. The van der Waals surface area contributed by atoms with E-state index >= 15 is 0 Å². The summed E-state index contributed by atoms with van der Waals surface area (Å²) in [5.74, 6) is 0.773. The third kappa shape index (κ3) is 4.21. The van der Waals surface area contributed by atoms with Gasteiger partial charge in [0.1, 0.15) is 5.76 Å². The minimum Gasteiger partial charge on any atom is -0.468 e. The van der Waals surface area contributed by atoms with Gasteiger partial charge >= 0.3 is 0 Å². The van der Waals surface area contributed by atoms with Crippen LogP contribution in [0.2, 0.25) is 0 Å². The molecule has 4 rings (SSSR count). The van der Waals surface area contributed by atoms with Crippen molar-refractivity contribution >= 4 is 10.0 Å². The maximum Gasteiger partial charge on any atom is 0.241 e. The summed E-state index contributed by atoms with van der Waals surface area (Å²) in [6, 6.07) is 15.8. The first kappa shape index (κ1) is 20.8. The van der Waals surface area contributed by atoms with Gasteiger partial charge in [-0.05, 0) is 61.6 Å². The minimum absolute atomic E-state index is 0.172. The topological polar surface area (TPSA) is 62.6 Å². The number of sulfonamides is 1. The first-order valence-corrected chi connectivity index (χ1v) is 11.8. The van der Waals surface area contributed by atoms with E-state index in [4.69, 9.17) is 4.42 Å². The third-order valence-corrected chi connectivity index (χ3v) is 7.54. The molecule has 1 aliphatic heterocycles. The molecule has 6 heteroatoms. The summed E-state index contributed by atoms with van der Waals surface area (Å²) in [4.78, 5) is 2.66. The van der Waals surface area contributed by atoms with Gasteiger partial charge in [0, 0.05) is 19.6 Å². The summed E-state index contributed by atoms with van der Waals surface area (Å²) >= 11 is 0. The second kappa shape index (κ2) is 8.38. The molecule has 2 heterocycles. The van der Waals surface area contributed by atoms with E-state index in [0.717, 1.165) is 42.0 Å². The van der Waals surface area contributed by atoms with Crippen molar-refractivity contribution in [2.45, 2.75) is 44.7 Å². The molecule has 0 spiro atoms. The smallest absolute Gasteiger partial charge is 0.241 e. The van der Waals surface area contributed by atoms with E-state index in [2.05, 4.69) is 33.9 Å². The van der Waals surface area contributed by atoms with E-state index in [1.165, 1.54) is 11.1 Å². The Hall–Kier alpha value is -2.41. The Kier molecular flexibility index (Phi) is 5.82. The fourth-order valence-electron chi connectivity index (χ4n) is 4.53. The predicted octanol–water partition coefficient (Wildman–Crippen LogP) is 4.28. The Bertz CT molecular complexity index is 1110. The fraction of sp³-hybridized carbons (Fsp3) is 0.333. The zero-order valence-corrected chi connectivity index (χ0v) is 18.5. The third-order valence-electron chi connectivity index (χ3n) is 5.81. The summed E-state index contributed by atoms with van der Waals surface area (Å²) in [5, 5.41) is 0. The summed E-state index contributed by atoms with van der Waals surface area (Å²) in [5.41, 5.74) is 5.24. The summed E-state index contributed by atoms with van der Waals surface area (Å²) in [7, 11) is -3.64. The molecular formula is C24H28N2O3S. The Balaban J connectivity index is 1.59. The lowest BCUT2D eigenvalue weighted by atomic mass is 9.98. The highest BCUT2D eigenvalue weighted by Crippen LogP contribution is 2.29. The Morgan fingerprint density at radius 2 is 1.73 bits per heavy atom. The van der Waals surface area contributed by atoms with Crippen molar-refractivity contribution in [1.82, 2.24) is 9.62 Å². The van der Waals surface area contributed by atoms with Gasteiger partial charge in [-0.3, -0.25) is 4.90 Å². The lowest BCUT2D eigenvalue weighted by Crippen LogP contribution is -2.40. The first-order chi connectivity index (χ1) is 14.3. The van der Waals surface area contributed by atoms with Crippen molar-refractivity contribution in [3.05, 3.63) is 88.4 Å². The molecule has 2 aromatic carbocycles. The van der Waals surface area contributed by atoms with Crippen LogP contribution >= 0.6 is 0 Å².